The van der Waals surface area contributed by atoms with Crippen LogP contribution < -0.4 is 11.1 Å². The van der Waals surface area contributed by atoms with Gasteiger partial charge in [-0.3, -0.25) is 4.79 Å². The van der Waals surface area contributed by atoms with Crippen LogP contribution in [-0.4, -0.2) is 74.1 Å². The number of aliphatic carboxylic acids is 1. The lowest BCUT2D eigenvalue weighted by atomic mass is 9.99. The van der Waals surface area contributed by atoms with Gasteiger partial charge in [-0.1, -0.05) is 34.9 Å². The third-order valence-electron chi connectivity index (χ3n) is 4.85. The zero-order valence-electron chi connectivity index (χ0n) is 20.2. The van der Waals surface area contributed by atoms with Gasteiger partial charge < -0.3 is 20.9 Å². The number of Topliss-reactive ketones (excluding diaryl/α,β-unsaturated/α-hetero) is 1. The molecule has 0 saturated heterocycles. The molecule has 0 aromatic carbocycles. The third kappa shape index (κ3) is 14.0. The van der Waals surface area contributed by atoms with E-state index in [2.05, 4.69) is 24.0 Å². The van der Waals surface area contributed by atoms with Crippen LogP contribution in [-0.2, 0) is 14.3 Å². The highest BCUT2D eigenvalue weighted by atomic mass is 33.1. The second-order valence-electron chi connectivity index (χ2n) is 9.03. The Morgan fingerprint density at radius 3 is 2.15 bits per heavy atom. The normalized spacial score (nSPS) is 19.9. The maximum Gasteiger partial charge on any atom is 0.408 e. The molecule has 1 fully saturated rings. The van der Waals surface area contributed by atoms with Gasteiger partial charge in [0.15, 0.2) is 0 Å². The molecule has 0 aliphatic heterocycles. The van der Waals surface area contributed by atoms with E-state index < -0.39 is 29.7 Å². The lowest BCUT2D eigenvalue weighted by molar-refractivity contribution is -0.138. The molecule has 33 heavy (non-hydrogen) atoms. The van der Waals surface area contributed by atoms with Gasteiger partial charge in [0.05, 0.1) is 6.04 Å². The first-order chi connectivity index (χ1) is 15.5. The molecule has 4 N–H and O–H groups in total. The summed E-state index contributed by atoms with van der Waals surface area (Å²) in [7, 11) is 2.62. The Labute approximate surface area is 215 Å². The van der Waals surface area contributed by atoms with Gasteiger partial charge in [0.1, 0.15) is 17.4 Å². The number of ketones is 1. The second-order valence-corrected chi connectivity index (χ2v) is 14.3. The largest absolute Gasteiger partial charge is 0.480 e. The molecule has 1 rings (SSSR count). The fourth-order valence-corrected chi connectivity index (χ4v) is 8.28. The van der Waals surface area contributed by atoms with E-state index in [4.69, 9.17) is 10.5 Å². The third-order valence-corrected chi connectivity index (χ3v) is 10.5. The molecule has 0 aromatic heterocycles. The average molecular weight is 541 g/mol. The molecule has 4 atom stereocenters. The van der Waals surface area contributed by atoms with Crippen LogP contribution in [0.2, 0.25) is 0 Å². The summed E-state index contributed by atoms with van der Waals surface area (Å²) in [5, 5.41) is 13.2. The van der Waals surface area contributed by atoms with Gasteiger partial charge in [0.2, 0.25) is 0 Å². The molecular formula is C22H40N2O5S4. The maximum absolute atomic E-state index is 12.3. The number of carbonyl (C=O) groups excluding carboxylic acids is 2. The first-order valence-electron chi connectivity index (χ1n) is 11.5. The van der Waals surface area contributed by atoms with Crippen LogP contribution in [0.25, 0.3) is 0 Å². The first kappa shape index (κ1) is 30.8. The Balaban J connectivity index is 2.16. The Morgan fingerprint density at radius 1 is 1.06 bits per heavy atom. The monoisotopic (exact) mass is 540 g/mol. The number of carboxylic acid groups (broad SMARTS) is 1. The quantitative estimate of drug-likeness (QED) is 0.175. The van der Waals surface area contributed by atoms with Crippen LogP contribution >= 0.6 is 45.1 Å². The topological polar surface area (TPSA) is 119 Å². The molecule has 1 saturated carbocycles. The van der Waals surface area contributed by atoms with Crippen molar-refractivity contribution in [3.05, 3.63) is 0 Å². The van der Waals surface area contributed by atoms with Crippen molar-refractivity contribution in [1.82, 2.24) is 5.32 Å². The van der Waals surface area contributed by atoms with Crippen LogP contribution in [0.5, 0.6) is 0 Å². The molecule has 0 spiro atoms. The van der Waals surface area contributed by atoms with Gasteiger partial charge in [0, 0.05) is 28.4 Å². The van der Waals surface area contributed by atoms with E-state index in [1.165, 1.54) is 53.0 Å². The van der Waals surface area contributed by atoms with Gasteiger partial charge in [-0.2, -0.15) is 23.5 Å². The SMILES string of the molecule is CCCCSC1CCC1SCCCC(=O)C(N)CSSCC(NC(=O)OC(C)(C)C)C(=O)O. The number of alkyl carbamates (subject to hydrolysis) is 1. The molecule has 4 unspecified atom stereocenters. The molecule has 0 heterocycles. The predicted octanol–water partition coefficient (Wildman–Crippen LogP) is 4.82. The summed E-state index contributed by atoms with van der Waals surface area (Å²) in [6.45, 7) is 7.36. The van der Waals surface area contributed by atoms with Crippen LogP contribution in [0.3, 0.4) is 0 Å². The smallest absolute Gasteiger partial charge is 0.408 e. The van der Waals surface area contributed by atoms with Crippen LogP contribution in [0, 0.1) is 0 Å². The number of ether oxygens (including phenoxy) is 1. The minimum absolute atomic E-state index is 0.0489. The van der Waals surface area contributed by atoms with Gasteiger partial charge in [-0.05, 0) is 58.0 Å². The number of carbonyl (C=O) groups is 3. The van der Waals surface area contributed by atoms with Gasteiger partial charge >= 0.3 is 12.1 Å². The average Bonchev–Trinajstić information content (AvgIpc) is 2.70. The number of hydrogen-bond acceptors (Lipinski definition) is 9. The van der Waals surface area contributed by atoms with Crippen LogP contribution in [0.1, 0.15) is 66.2 Å². The van der Waals surface area contributed by atoms with E-state index in [0.29, 0.717) is 12.2 Å². The molecule has 0 radical (unpaired) electrons. The van der Waals surface area contributed by atoms with Crippen LogP contribution in [0.15, 0.2) is 0 Å². The van der Waals surface area contributed by atoms with Crippen molar-refractivity contribution >= 4 is 63.0 Å². The van der Waals surface area contributed by atoms with Crippen LogP contribution in [0.4, 0.5) is 4.79 Å². The molecule has 0 aromatic rings. The molecular weight excluding hydrogens is 501 g/mol. The summed E-state index contributed by atoms with van der Waals surface area (Å²) >= 11 is 4.10. The number of unbranched alkanes of at least 4 members (excludes halogenated alkanes) is 1. The zero-order chi connectivity index (χ0) is 24.9. The van der Waals surface area contributed by atoms with Gasteiger partial charge in [-0.15, -0.1) is 0 Å². The fraction of sp³-hybridized carbons (Fsp3) is 0.864. The van der Waals surface area contributed by atoms with Crippen molar-refractivity contribution < 1.29 is 24.2 Å². The van der Waals surface area contributed by atoms with E-state index in [1.807, 2.05) is 11.8 Å². The molecule has 192 valence electrons. The van der Waals surface area contributed by atoms with Crippen molar-refractivity contribution in [2.24, 2.45) is 5.73 Å². The fourth-order valence-electron chi connectivity index (χ4n) is 2.82. The molecule has 7 nitrogen and oxygen atoms in total. The number of hydrogen-bond donors (Lipinski definition) is 3. The minimum Gasteiger partial charge on any atom is -0.480 e. The summed E-state index contributed by atoms with van der Waals surface area (Å²) in [4.78, 5) is 35.5. The lowest BCUT2D eigenvalue weighted by Gasteiger charge is -2.35. The van der Waals surface area contributed by atoms with Gasteiger partial charge in [-0.25, -0.2) is 9.59 Å². The number of carboxylic acids is 1. The minimum atomic E-state index is -1.13. The summed E-state index contributed by atoms with van der Waals surface area (Å²) < 4.78 is 5.10. The highest BCUT2D eigenvalue weighted by Gasteiger charge is 2.31. The standard InChI is InChI=1S/C22H40N2O5S4/c1-5-6-11-30-18-9-10-19(18)31-12-7-8-17(25)15(23)13-32-33-14-16(20(26)27)24-21(28)29-22(2,3)4/h15-16,18-19H,5-14,23H2,1-4H3,(H,24,28)(H,26,27). The van der Waals surface area contributed by atoms with Gasteiger partial charge in [0.25, 0.3) is 0 Å². The summed E-state index contributed by atoms with van der Waals surface area (Å²) in [5.74, 6) is 1.72. The zero-order valence-corrected chi connectivity index (χ0v) is 23.4. The number of thioether (sulfide) groups is 2. The molecule has 1 aliphatic carbocycles. The summed E-state index contributed by atoms with van der Waals surface area (Å²) in [5.41, 5.74) is 5.31. The Hall–Kier alpha value is -0.230. The summed E-state index contributed by atoms with van der Waals surface area (Å²) in [6.07, 6.45) is 5.71. The van der Waals surface area contributed by atoms with E-state index in [9.17, 15) is 19.5 Å². The second kappa shape index (κ2) is 16.4. The maximum atomic E-state index is 12.3. The molecule has 0 bridgehead atoms. The molecule has 11 heteroatoms. The van der Waals surface area contributed by atoms with E-state index in [1.54, 1.807) is 20.8 Å². The number of rotatable bonds is 17. The van der Waals surface area contributed by atoms with Crippen molar-refractivity contribution in [2.75, 3.05) is 23.0 Å². The molecule has 1 aliphatic rings. The number of amides is 1. The first-order valence-corrected chi connectivity index (χ1v) is 16.1. The highest BCUT2D eigenvalue weighted by Crippen LogP contribution is 2.40. The van der Waals surface area contributed by atoms with Crippen molar-refractivity contribution in [3.8, 4) is 0 Å². The van der Waals surface area contributed by atoms with E-state index in [0.717, 1.165) is 22.7 Å². The van der Waals surface area contributed by atoms with E-state index >= 15 is 0 Å². The van der Waals surface area contributed by atoms with Crippen molar-refractivity contribution in [1.29, 1.82) is 0 Å². The Kier molecular flexibility index (Phi) is 15.3. The predicted molar refractivity (Wildman–Crippen MR) is 145 cm³/mol. The highest BCUT2D eigenvalue weighted by molar-refractivity contribution is 8.76. The lowest BCUT2D eigenvalue weighted by Crippen LogP contribution is -2.44. The number of nitrogens with one attached hydrogen (secondary N) is 1. The van der Waals surface area contributed by atoms with Crippen molar-refractivity contribution in [2.45, 2.75) is 94.4 Å². The summed E-state index contributed by atoms with van der Waals surface area (Å²) in [6, 6.07) is -1.63. The Morgan fingerprint density at radius 2 is 1.64 bits per heavy atom. The number of nitrogens with two attached hydrogens (primary N) is 1. The van der Waals surface area contributed by atoms with Crippen molar-refractivity contribution in [3.63, 3.8) is 0 Å². The Bertz CT molecular complexity index is 618. The van der Waals surface area contributed by atoms with E-state index in [-0.39, 0.29) is 11.5 Å². The molecule has 1 amide bonds.